The van der Waals surface area contributed by atoms with Crippen LogP contribution in [0.5, 0.6) is 17.2 Å². The van der Waals surface area contributed by atoms with Crippen molar-refractivity contribution in [2.24, 2.45) is 0 Å². The lowest BCUT2D eigenvalue weighted by Crippen LogP contribution is -2.41. The van der Waals surface area contributed by atoms with E-state index in [4.69, 9.17) is 4.74 Å². The molecule has 0 fully saturated rings. The highest BCUT2D eigenvalue weighted by atomic mass is 16.5. The molecule has 4 rings (SSSR count). The van der Waals surface area contributed by atoms with Gasteiger partial charge >= 0.3 is 0 Å². The standard InChI is InChI=1S/C24H25N3O6/c1-12-20(30)18(14(3)28)22-19(21(12)31)24(4)16(33-22)10-15(29)17(23(24)32)13(2)26-6-5-8-27-9-7-25-11-27/h7,9-11,26,30-31H,5-6,8H2,1-4H3/b17-13+/t24-/m0/s1. The van der Waals surface area contributed by atoms with Crippen molar-refractivity contribution in [1.29, 1.82) is 0 Å². The van der Waals surface area contributed by atoms with Crippen molar-refractivity contribution in [3.63, 3.8) is 0 Å². The quantitative estimate of drug-likeness (QED) is 0.264. The number of imidazole rings is 1. The molecule has 0 radical (unpaired) electrons. The number of phenols is 2. The van der Waals surface area contributed by atoms with E-state index in [1.165, 1.54) is 19.9 Å². The Labute approximate surface area is 190 Å². The third-order valence-electron chi connectivity index (χ3n) is 6.30. The minimum absolute atomic E-state index is 0.0203. The summed E-state index contributed by atoms with van der Waals surface area (Å²) in [4.78, 5) is 42.8. The highest BCUT2D eigenvalue weighted by Gasteiger charge is 2.56. The number of nitrogens with zero attached hydrogens (tertiary/aromatic N) is 2. The zero-order chi connectivity index (χ0) is 24.1. The van der Waals surface area contributed by atoms with E-state index in [-0.39, 0.29) is 39.5 Å². The van der Waals surface area contributed by atoms with Gasteiger partial charge in [0.25, 0.3) is 0 Å². The molecule has 0 saturated heterocycles. The van der Waals surface area contributed by atoms with E-state index in [1.54, 1.807) is 26.4 Å². The number of Topliss-reactive ketones (excluding diaryl/α,β-unsaturated/α-hetero) is 2. The molecule has 1 aliphatic carbocycles. The number of hydrogen-bond acceptors (Lipinski definition) is 8. The fourth-order valence-electron chi connectivity index (χ4n) is 4.41. The molecule has 0 bridgehead atoms. The van der Waals surface area contributed by atoms with E-state index in [2.05, 4.69) is 10.3 Å². The molecule has 33 heavy (non-hydrogen) atoms. The number of nitrogens with one attached hydrogen (secondary N) is 1. The van der Waals surface area contributed by atoms with Gasteiger partial charge in [-0.05, 0) is 34.1 Å². The number of ether oxygens (including phenoxy) is 1. The summed E-state index contributed by atoms with van der Waals surface area (Å²) in [5.41, 5.74) is -1.11. The molecule has 2 aliphatic rings. The number of allylic oxidation sites excluding steroid dienone is 4. The van der Waals surface area contributed by atoms with Crippen molar-refractivity contribution in [2.75, 3.05) is 6.54 Å². The summed E-state index contributed by atoms with van der Waals surface area (Å²) < 4.78 is 7.69. The smallest absolute Gasteiger partial charge is 0.194 e. The van der Waals surface area contributed by atoms with Gasteiger partial charge in [0.15, 0.2) is 17.3 Å². The highest BCUT2D eigenvalue weighted by molar-refractivity contribution is 6.31. The van der Waals surface area contributed by atoms with E-state index >= 15 is 0 Å². The molecule has 1 aliphatic heterocycles. The first-order chi connectivity index (χ1) is 15.6. The molecule has 0 spiro atoms. The van der Waals surface area contributed by atoms with Crippen LogP contribution in [-0.2, 0) is 21.5 Å². The first kappa shape index (κ1) is 22.3. The average Bonchev–Trinajstić information content (AvgIpc) is 3.36. The van der Waals surface area contributed by atoms with Gasteiger partial charge in [-0.1, -0.05) is 0 Å². The molecule has 1 aromatic carbocycles. The summed E-state index contributed by atoms with van der Waals surface area (Å²) in [6.07, 6.45) is 7.22. The summed E-state index contributed by atoms with van der Waals surface area (Å²) in [6.45, 7) is 7.16. The lowest BCUT2D eigenvalue weighted by Gasteiger charge is -2.29. The van der Waals surface area contributed by atoms with Gasteiger partial charge in [0, 0.05) is 42.8 Å². The summed E-state index contributed by atoms with van der Waals surface area (Å²) in [5.74, 6) is -2.38. The summed E-state index contributed by atoms with van der Waals surface area (Å²) >= 11 is 0. The SMILES string of the molecule is CC(=O)c1c(O)c(C)c(O)c2c1OC1=CC(=O)/C(=C(/C)NCCCn3ccnc3)C(=O)[C@@]12C. The number of fused-ring (bicyclic) bond motifs is 3. The maximum atomic E-state index is 13.7. The molecule has 2 aromatic rings. The Morgan fingerprint density at radius 3 is 2.61 bits per heavy atom. The van der Waals surface area contributed by atoms with Crippen molar-refractivity contribution < 1.29 is 29.3 Å². The number of carbonyl (C=O) groups excluding carboxylic acids is 3. The maximum absolute atomic E-state index is 13.7. The van der Waals surface area contributed by atoms with Crippen LogP contribution in [0.4, 0.5) is 0 Å². The minimum atomic E-state index is -1.51. The van der Waals surface area contributed by atoms with Crippen molar-refractivity contribution in [2.45, 2.75) is 46.1 Å². The van der Waals surface area contributed by atoms with Gasteiger partial charge in [0.1, 0.15) is 34.0 Å². The minimum Gasteiger partial charge on any atom is -0.507 e. The average molecular weight is 451 g/mol. The van der Waals surface area contributed by atoms with Crippen molar-refractivity contribution in [3.8, 4) is 17.2 Å². The molecule has 0 saturated carbocycles. The second-order valence-corrected chi connectivity index (χ2v) is 8.47. The molecule has 1 atom stereocenters. The number of aromatic nitrogens is 2. The third kappa shape index (κ3) is 3.31. The Kier molecular flexibility index (Phi) is 5.35. The number of benzene rings is 1. The third-order valence-corrected chi connectivity index (χ3v) is 6.30. The second-order valence-electron chi connectivity index (χ2n) is 8.47. The largest absolute Gasteiger partial charge is 0.507 e. The van der Waals surface area contributed by atoms with Crippen LogP contribution in [0.3, 0.4) is 0 Å². The van der Waals surface area contributed by atoms with Gasteiger partial charge in [-0.2, -0.15) is 0 Å². The number of phenolic OH excluding ortho intramolecular Hbond substituents is 2. The van der Waals surface area contributed by atoms with Gasteiger partial charge in [-0.3, -0.25) is 14.4 Å². The van der Waals surface area contributed by atoms with E-state index in [0.717, 1.165) is 13.0 Å². The van der Waals surface area contributed by atoms with Gasteiger partial charge in [0.05, 0.1) is 17.5 Å². The van der Waals surface area contributed by atoms with Crippen LogP contribution >= 0.6 is 0 Å². The fraction of sp³-hybridized carbons (Fsp3) is 0.333. The zero-order valence-corrected chi connectivity index (χ0v) is 18.9. The first-order valence-electron chi connectivity index (χ1n) is 10.6. The van der Waals surface area contributed by atoms with Gasteiger partial charge < -0.3 is 24.8 Å². The predicted octanol–water partition coefficient (Wildman–Crippen LogP) is 2.45. The number of aryl methyl sites for hydroxylation is 1. The van der Waals surface area contributed by atoms with Crippen LogP contribution in [-0.4, -0.2) is 43.7 Å². The molecular weight excluding hydrogens is 426 g/mol. The van der Waals surface area contributed by atoms with E-state index in [9.17, 15) is 24.6 Å². The van der Waals surface area contributed by atoms with Crippen LogP contribution in [0, 0.1) is 6.92 Å². The molecule has 0 amide bonds. The normalized spacial score (nSPS) is 20.7. The highest BCUT2D eigenvalue weighted by Crippen LogP contribution is 2.57. The molecule has 0 unspecified atom stereocenters. The van der Waals surface area contributed by atoms with Gasteiger partial charge in [-0.25, -0.2) is 4.98 Å². The number of ketones is 3. The van der Waals surface area contributed by atoms with Gasteiger partial charge in [0.2, 0.25) is 0 Å². The predicted molar refractivity (Wildman–Crippen MR) is 118 cm³/mol. The second kappa shape index (κ2) is 7.91. The van der Waals surface area contributed by atoms with E-state index in [0.29, 0.717) is 12.2 Å². The van der Waals surface area contributed by atoms with Crippen LogP contribution in [0.1, 0.15) is 48.7 Å². The Hall–Kier alpha value is -3.88. The van der Waals surface area contributed by atoms with Crippen LogP contribution in [0.2, 0.25) is 0 Å². The summed E-state index contributed by atoms with van der Waals surface area (Å²) in [6, 6.07) is 0. The molecule has 2 heterocycles. The number of carbonyl (C=O) groups is 3. The van der Waals surface area contributed by atoms with Crippen LogP contribution in [0.15, 0.2) is 41.8 Å². The fourth-order valence-corrected chi connectivity index (χ4v) is 4.41. The molecule has 9 nitrogen and oxygen atoms in total. The number of hydrogen-bond donors (Lipinski definition) is 3. The summed E-state index contributed by atoms with van der Waals surface area (Å²) in [7, 11) is 0. The van der Waals surface area contributed by atoms with Crippen molar-refractivity contribution in [3.05, 3.63) is 58.5 Å². The molecular formula is C24H25N3O6. The molecule has 9 heteroatoms. The lowest BCUT2D eigenvalue weighted by molar-refractivity contribution is -0.123. The van der Waals surface area contributed by atoms with Crippen molar-refractivity contribution in [1.82, 2.24) is 14.9 Å². The summed E-state index contributed by atoms with van der Waals surface area (Å²) in [5, 5.41) is 24.4. The Morgan fingerprint density at radius 2 is 1.97 bits per heavy atom. The van der Waals surface area contributed by atoms with Crippen molar-refractivity contribution >= 4 is 17.3 Å². The zero-order valence-electron chi connectivity index (χ0n) is 18.9. The maximum Gasteiger partial charge on any atom is 0.194 e. The molecule has 3 N–H and O–H groups in total. The molecule has 172 valence electrons. The Morgan fingerprint density at radius 1 is 1.24 bits per heavy atom. The molecule has 1 aromatic heterocycles. The number of rotatable bonds is 6. The Balaban J connectivity index is 1.72. The topological polar surface area (TPSA) is 131 Å². The van der Waals surface area contributed by atoms with E-state index in [1.807, 2.05) is 10.8 Å². The lowest BCUT2D eigenvalue weighted by atomic mass is 9.70. The van der Waals surface area contributed by atoms with E-state index < -0.39 is 28.5 Å². The van der Waals surface area contributed by atoms with Gasteiger partial charge in [-0.15, -0.1) is 0 Å². The van der Waals surface area contributed by atoms with Crippen LogP contribution in [0.25, 0.3) is 0 Å². The van der Waals surface area contributed by atoms with Crippen LogP contribution < -0.4 is 10.1 Å². The number of aromatic hydroxyl groups is 2. The monoisotopic (exact) mass is 451 g/mol. The first-order valence-corrected chi connectivity index (χ1v) is 10.6. The Bertz CT molecular complexity index is 1260.